The highest BCUT2D eigenvalue weighted by molar-refractivity contribution is 6.30. The molecule has 3 heteroatoms. The number of aromatic nitrogens is 1. The van der Waals surface area contributed by atoms with Gasteiger partial charge in [0.05, 0.1) is 0 Å². The molecule has 0 bridgehead atoms. The Morgan fingerprint density at radius 3 is 2.52 bits per heavy atom. The van der Waals surface area contributed by atoms with E-state index in [2.05, 4.69) is 42.2 Å². The van der Waals surface area contributed by atoms with Crippen molar-refractivity contribution in [3.8, 4) is 11.3 Å². The highest BCUT2D eigenvalue weighted by Crippen LogP contribution is 2.33. The minimum Gasteiger partial charge on any atom is -0.354 e. The third-order valence-corrected chi connectivity index (χ3v) is 4.64. The Morgan fingerprint density at radius 1 is 1.04 bits per heavy atom. The zero-order valence-electron chi connectivity index (χ0n) is 13.5. The van der Waals surface area contributed by atoms with E-state index in [1.807, 2.05) is 12.1 Å². The number of aryl methyl sites for hydroxylation is 2. The summed E-state index contributed by atoms with van der Waals surface area (Å²) < 4.78 is 0. The molecule has 3 aromatic rings. The average molecular weight is 327 g/mol. The smallest absolute Gasteiger partial charge is 0.0497 e. The normalized spacial score (nSPS) is 11.3. The van der Waals surface area contributed by atoms with Gasteiger partial charge in [-0.1, -0.05) is 36.7 Å². The summed E-state index contributed by atoms with van der Waals surface area (Å²) >= 11 is 6.04. The van der Waals surface area contributed by atoms with Crippen molar-refractivity contribution in [3.63, 3.8) is 0 Å². The van der Waals surface area contributed by atoms with Gasteiger partial charge in [-0.15, -0.1) is 0 Å². The van der Waals surface area contributed by atoms with E-state index in [-0.39, 0.29) is 0 Å². The third kappa shape index (κ3) is 3.44. The number of hydrogen-bond acceptors (Lipinski definition) is 1. The molecule has 1 aromatic heterocycles. The summed E-state index contributed by atoms with van der Waals surface area (Å²) in [5.74, 6) is 0. The highest BCUT2D eigenvalue weighted by atomic mass is 35.5. The Hall–Kier alpha value is -1.77. The molecule has 0 atom stereocenters. The van der Waals surface area contributed by atoms with Crippen LogP contribution in [0.4, 0.5) is 0 Å². The fraction of sp³-hybridized carbons (Fsp3) is 0.300. The number of halogens is 1. The largest absolute Gasteiger partial charge is 0.354 e. The zero-order chi connectivity index (χ0) is 16.2. The summed E-state index contributed by atoms with van der Waals surface area (Å²) in [7, 11) is 0. The van der Waals surface area contributed by atoms with Gasteiger partial charge >= 0.3 is 0 Å². The average Bonchev–Trinajstić information content (AvgIpc) is 2.93. The van der Waals surface area contributed by atoms with Gasteiger partial charge in [-0.3, -0.25) is 0 Å². The van der Waals surface area contributed by atoms with Crippen LogP contribution in [-0.2, 0) is 12.8 Å². The SMILES string of the molecule is CCc1ccc2[nH]c(-c3ccc(Cl)cc3)c(CCCCN)c2c1. The summed E-state index contributed by atoms with van der Waals surface area (Å²) in [4.78, 5) is 3.60. The van der Waals surface area contributed by atoms with Crippen molar-refractivity contribution in [2.75, 3.05) is 6.54 Å². The standard InChI is InChI=1S/C20H23ClN2/c1-2-14-6-11-19-18(13-14)17(5-3-4-12-22)20(23-19)15-7-9-16(21)10-8-15/h6-11,13,23H,2-5,12,22H2,1H3. The van der Waals surface area contributed by atoms with Crippen LogP contribution in [0.3, 0.4) is 0 Å². The molecule has 3 rings (SSSR count). The molecule has 0 saturated heterocycles. The van der Waals surface area contributed by atoms with Crippen molar-refractivity contribution in [2.45, 2.75) is 32.6 Å². The number of benzene rings is 2. The van der Waals surface area contributed by atoms with E-state index in [0.717, 1.165) is 37.3 Å². The van der Waals surface area contributed by atoms with Gasteiger partial charge in [0.2, 0.25) is 0 Å². The molecule has 2 nitrogen and oxygen atoms in total. The third-order valence-electron chi connectivity index (χ3n) is 4.39. The number of unbranched alkanes of at least 4 members (excludes halogenated alkanes) is 1. The van der Waals surface area contributed by atoms with Crippen LogP contribution in [0.5, 0.6) is 0 Å². The van der Waals surface area contributed by atoms with Crippen molar-refractivity contribution in [2.24, 2.45) is 5.73 Å². The van der Waals surface area contributed by atoms with Gasteiger partial charge in [-0.2, -0.15) is 0 Å². The number of rotatable bonds is 6. The van der Waals surface area contributed by atoms with E-state index in [1.165, 1.54) is 33.3 Å². The van der Waals surface area contributed by atoms with Crippen LogP contribution in [0.15, 0.2) is 42.5 Å². The molecule has 0 fully saturated rings. The monoisotopic (exact) mass is 326 g/mol. The number of hydrogen-bond donors (Lipinski definition) is 2. The van der Waals surface area contributed by atoms with Gasteiger partial charge in [-0.25, -0.2) is 0 Å². The van der Waals surface area contributed by atoms with Gasteiger partial charge in [0, 0.05) is 21.6 Å². The lowest BCUT2D eigenvalue weighted by molar-refractivity contribution is 0.748. The number of H-pyrrole nitrogens is 1. The van der Waals surface area contributed by atoms with Crippen molar-refractivity contribution in [1.82, 2.24) is 4.98 Å². The molecule has 0 saturated carbocycles. The topological polar surface area (TPSA) is 41.8 Å². The quantitative estimate of drug-likeness (QED) is 0.590. The summed E-state index contributed by atoms with van der Waals surface area (Å²) in [5.41, 5.74) is 12.0. The molecule has 2 aromatic carbocycles. The van der Waals surface area contributed by atoms with Crippen molar-refractivity contribution in [1.29, 1.82) is 0 Å². The van der Waals surface area contributed by atoms with E-state index >= 15 is 0 Å². The fourth-order valence-electron chi connectivity index (χ4n) is 3.08. The predicted octanol–water partition coefficient (Wildman–Crippen LogP) is 5.33. The molecular formula is C20H23ClN2. The predicted molar refractivity (Wildman–Crippen MR) is 100 cm³/mol. The van der Waals surface area contributed by atoms with Gasteiger partial charge in [0.25, 0.3) is 0 Å². The summed E-state index contributed by atoms with van der Waals surface area (Å²) in [6, 6.07) is 14.8. The molecule has 120 valence electrons. The number of aromatic amines is 1. The van der Waals surface area contributed by atoms with E-state index in [0.29, 0.717) is 0 Å². The first kappa shape index (κ1) is 16.1. The first-order chi connectivity index (χ1) is 11.2. The number of nitrogens with two attached hydrogens (primary N) is 1. The van der Waals surface area contributed by atoms with Gasteiger partial charge < -0.3 is 10.7 Å². The maximum absolute atomic E-state index is 6.04. The van der Waals surface area contributed by atoms with Crippen LogP contribution in [0.2, 0.25) is 5.02 Å². The molecule has 0 amide bonds. The van der Waals surface area contributed by atoms with Gasteiger partial charge in [0.1, 0.15) is 0 Å². The Morgan fingerprint density at radius 2 is 1.83 bits per heavy atom. The summed E-state index contributed by atoms with van der Waals surface area (Å²) in [5, 5.41) is 2.11. The number of nitrogens with one attached hydrogen (secondary N) is 1. The lowest BCUT2D eigenvalue weighted by Gasteiger charge is -2.06. The van der Waals surface area contributed by atoms with E-state index in [4.69, 9.17) is 17.3 Å². The van der Waals surface area contributed by atoms with Crippen molar-refractivity contribution in [3.05, 3.63) is 58.6 Å². The molecule has 0 aliphatic heterocycles. The molecule has 23 heavy (non-hydrogen) atoms. The molecule has 0 radical (unpaired) electrons. The maximum Gasteiger partial charge on any atom is 0.0497 e. The summed E-state index contributed by atoms with van der Waals surface area (Å²) in [6.45, 7) is 2.95. The van der Waals surface area contributed by atoms with Crippen LogP contribution < -0.4 is 5.73 Å². The minimum absolute atomic E-state index is 0.749. The fourth-order valence-corrected chi connectivity index (χ4v) is 3.21. The van der Waals surface area contributed by atoms with E-state index in [1.54, 1.807) is 0 Å². The Balaban J connectivity index is 2.10. The first-order valence-corrected chi connectivity index (χ1v) is 8.70. The van der Waals surface area contributed by atoms with Gasteiger partial charge in [-0.05, 0) is 73.2 Å². The van der Waals surface area contributed by atoms with Crippen LogP contribution in [0.1, 0.15) is 30.9 Å². The molecule has 3 N–H and O–H groups in total. The summed E-state index contributed by atoms with van der Waals surface area (Å²) in [6.07, 6.45) is 4.27. The minimum atomic E-state index is 0.749. The lowest BCUT2D eigenvalue weighted by Crippen LogP contribution is -1.99. The maximum atomic E-state index is 6.04. The van der Waals surface area contributed by atoms with Crippen LogP contribution in [0.25, 0.3) is 22.2 Å². The van der Waals surface area contributed by atoms with Crippen LogP contribution >= 0.6 is 11.6 Å². The molecule has 0 unspecified atom stereocenters. The van der Waals surface area contributed by atoms with Crippen molar-refractivity contribution < 1.29 is 0 Å². The van der Waals surface area contributed by atoms with Gasteiger partial charge in [0.15, 0.2) is 0 Å². The molecule has 0 aliphatic carbocycles. The lowest BCUT2D eigenvalue weighted by atomic mass is 9.99. The van der Waals surface area contributed by atoms with Crippen LogP contribution in [-0.4, -0.2) is 11.5 Å². The molecule has 0 spiro atoms. The first-order valence-electron chi connectivity index (χ1n) is 8.32. The Bertz CT molecular complexity index is 787. The molecule has 0 aliphatic rings. The zero-order valence-corrected chi connectivity index (χ0v) is 14.3. The van der Waals surface area contributed by atoms with Crippen LogP contribution in [0, 0.1) is 0 Å². The highest BCUT2D eigenvalue weighted by Gasteiger charge is 2.13. The second-order valence-corrected chi connectivity index (χ2v) is 6.40. The Kier molecular flexibility index (Phi) is 5.04. The second kappa shape index (κ2) is 7.20. The van der Waals surface area contributed by atoms with Crippen molar-refractivity contribution >= 4 is 22.5 Å². The molecule has 1 heterocycles. The van der Waals surface area contributed by atoms with E-state index < -0.39 is 0 Å². The Labute approximate surface area is 142 Å². The van der Waals surface area contributed by atoms with E-state index in [9.17, 15) is 0 Å². The molecular weight excluding hydrogens is 304 g/mol. The number of fused-ring (bicyclic) bond motifs is 1. The second-order valence-electron chi connectivity index (χ2n) is 5.96.